The summed E-state index contributed by atoms with van der Waals surface area (Å²) in [6.45, 7) is 0. The minimum Gasteiger partial charge on any atom is -0.389 e. The number of hydrogen-bond donors (Lipinski definition) is 3. The number of aliphatic hydroxyl groups excluding tert-OH is 1. The van der Waals surface area contributed by atoms with E-state index in [0.29, 0.717) is 6.42 Å². The minimum atomic E-state index is -0.921. The number of carbonyl (C=O) groups is 1. The summed E-state index contributed by atoms with van der Waals surface area (Å²) in [7, 11) is 1.58. The van der Waals surface area contributed by atoms with Crippen molar-refractivity contribution in [2.45, 2.75) is 24.5 Å². The molecule has 2 unspecified atom stereocenters. The first kappa shape index (κ1) is 7.76. The third kappa shape index (κ3) is 0.586. The molecule has 0 bridgehead atoms. The molecular formula is C9H13NO3. The number of fused-ring (bicyclic) bond motifs is 3. The molecule has 3 rings (SSSR count). The molecule has 5 atom stereocenters. The van der Waals surface area contributed by atoms with Crippen LogP contribution in [0.2, 0.25) is 0 Å². The summed E-state index contributed by atoms with van der Waals surface area (Å²) in [4.78, 5) is 11.5. The molecule has 1 amide bonds. The van der Waals surface area contributed by atoms with Crippen molar-refractivity contribution in [1.29, 1.82) is 0 Å². The van der Waals surface area contributed by atoms with Gasteiger partial charge in [0.05, 0.1) is 17.1 Å². The Hall–Kier alpha value is -0.610. The molecule has 0 spiro atoms. The molecule has 3 fully saturated rings. The molecule has 0 aromatic rings. The van der Waals surface area contributed by atoms with Gasteiger partial charge in [-0.05, 0) is 24.7 Å². The van der Waals surface area contributed by atoms with Crippen molar-refractivity contribution in [3.8, 4) is 0 Å². The first-order valence-electron chi connectivity index (χ1n) is 4.70. The van der Waals surface area contributed by atoms with Gasteiger partial charge in [0.25, 0.3) is 0 Å². The molecule has 3 N–H and O–H groups in total. The number of hydrogen-bond acceptors (Lipinski definition) is 3. The van der Waals surface area contributed by atoms with E-state index in [-0.39, 0.29) is 17.7 Å². The molecule has 0 saturated heterocycles. The standard InChI is InChI=1S/C9H13NO3/c1-10-7(12)8-2-4(8)5-3-9(5,13)6(8)11/h4-6,11,13H,2-3H2,1H3,(H,10,12)/t4?,5-,6-,8?,9+/m1/s1. The van der Waals surface area contributed by atoms with Crippen LogP contribution in [0.15, 0.2) is 0 Å². The average Bonchev–Trinajstić information content (AvgIpc) is 2.95. The molecule has 0 aromatic heterocycles. The number of nitrogens with one attached hydrogen (secondary N) is 1. The fourth-order valence-corrected chi connectivity index (χ4v) is 3.28. The van der Waals surface area contributed by atoms with E-state index in [2.05, 4.69) is 5.32 Å². The Morgan fingerprint density at radius 3 is 2.62 bits per heavy atom. The van der Waals surface area contributed by atoms with Crippen molar-refractivity contribution in [2.24, 2.45) is 17.3 Å². The van der Waals surface area contributed by atoms with Gasteiger partial charge in [0.2, 0.25) is 5.91 Å². The summed E-state index contributed by atoms with van der Waals surface area (Å²) in [5, 5.41) is 22.2. The van der Waals surface area contributed by atoms with Crippen LogP contribution in [0.4, 0.5) is 0 Å². The Labute approximate surface area is 75.9 Å². The van der Waals surface area contributed by atoms with Crippen LogP contribution in [0.25, 0.3) is 0 Å². The molecule has 4 nitrogen and oxygen atoms in total. The van der Waals surface area contributed by atoms with Gasteiger partial charge >= 0.3 is 0 Å². The lowest BCUT2D eigenvalue weighted by Gasteiger charge is -2.22. The predicted molar refractivity (Wildman–Crippen MR) is 43.7 cm³/mol. The molecule has 3 aliphatic rings. The summed E-state index contributed by atoms with van der Waals surface area (Å²) in [6.07, 6.45) is 0.591. The predicted octanol–water partition coefficient (Wildman–Crippen LogP) is -1.14. The summed E-state index contributed by atoms with van der Waals surface area (Å²) < 4.78 is 0. The van der Waals surface area contributed by atoms with Gasteiger partial charge in [-0.2, -0.15) is 0 Å². The highest BCUT2D eigenvalue weighted by Crippen LogP contribution is 2.78. The maximum Gasteiger partial charge on any atom is 0.229 e. The third-order valence-electron chi connectivity index (χ3n) is 4.19. The minimum absolute atomic E-state index is 0.106. The van der Waals surface area contributed by atoms with Crippen LogP contribution >= 0.6 is 0 Å². The quantitative estimate of drug-likeness (QED) is 0.481. The number of aliphatic hydroxyl groups is 2. The molecule has 4 heteroatoms. The fourth-order valence-electron chi connectivity index (χ4n) is 3.28. The second-order valence-electron chi connectivity index (χ2n) is 4.63. The SMILES string of the molecule is CNC(=O)C12CC1[C@H]1C[C@@]1(O)[C@@H]2O. The number of carbonyl (C=O) groups excluding carboxylic acids is 1. The first-order chi connectivity index (χ1) is 6.07. The molecular weight excluding hydrogens is 170 g/mol. The van der Waals surface area contributed by atoms with Crippen molar-refractivity contribution in [1.82, 2.24) is 5.32 Å². The van der Waals surface area contributed by atoms with Gasteiger partial charge in [-0.3, -0.25) is 4.79 Å². The van der Waals surface area contributed by atoms with Gasteiger partial charge in [-0.1, -0.05) is 0 Å². The summed E-state index contributed by atoms with van der Waals surface area (Å²) in [6, 6.07) is 0. The van der Waals surface area contributed by atoms with E-state index in [4.69, 9.17) is 0 Å². The van der Waals surface area contributed by atoms with Crippen LogP contribution in [0.1, 0.15) is 12.8 Å². The fraction of sp³-hybridized carbons (Fsp3) is 0.889. The van der Waals surface area contributed by atoms with Crippen molar-refractivity contribution in [3.63, 3.8) is 0 Å². The van der Waals surface area contributed by atoms with Gasteiger partial charge in [0.15, 0.2) is 0 Å². The molecule has 0 heterocycles. The zero-order valence-electron chi connectivity index (χ0n) is 7.45. The van der Waals surface area contributed by atoms with E-state index in [1.807, 2.05) is 0 Å². The lowest BCUT2D eigenvalue weighted by molar-refractivity contribution is -0.134. The molecule has 13 heavy (non-hydrogen) atoms. The zero-order valence-corrected chi connectivity index (χ0v) is 7.45. The molecule has 0 aromatic carbocycles. The third-order valence-corrected chi connectivity index (χ3v) is 4.19. The molecule has 3 saturated carbocycles. The molecule has 72 valence electrons. The highest BCUT2D eigenvalue weighted by Gasteiger charge is 2.86. The van der Waals surface area contributed by atoms with Crippen LogP contribution < -0.4 is 5.32 Å². The Kier molecular flexibility index (Phi) is 1.05. The maximum absolute atomic E-state index is 11.5. The van der Waals surface area contributed by atoms with E-state index in [1.165, 1.54) is 0 Å². The first-order valence-corrected chi connectivity index (χ1v) is 4.70. The Morgan fingerprint density at radius 1 is 1.46 bits per heavy atom. The maximum atomic E-state index is 11.5. The van der Waals surface area contributed by atoms with Crippen molar-refractivity contribution in [2.75, 3.05) is 7.05 Å². The van der Waals surface area contributed by atoms with Crippen LogP contribution in [0.5, 0.6) is 0 Å². The van der Waals surface area contributed by atoms with Crippen LogP contribution in [0, 0.1) is 17.3 Å². The molecule has 0 aliphatic heterocycles. The van der Waals surface area contributed by atoms with E-state index < -0.39 is 17.1 Å². The van der Waals surface area contributed by atoms with Crippen LogP contribution in [0.3, 0.4) is 0 Å². The topological polar surface area (TPSA) is 69.6 Å². The van der Waals surface area contributed by atoms with E-state index >= 15 is 0 Å². The van der Waals surface area contributed by atoms with E-state index in [0.717, 1.165) is 6.42 Å². The van der Waals surface area contributed by atoms with Gasteiger partial charge in [-0.25, -0.2) is 0 Å². The Morgan fingerprint density at radius 2 is 2.15 bits per heavy atom. The van der Waals surface area contributed by atoms with Crippen molar-refractivity contribution < 1.29 is 15.0 Å². The second-order valence-corrected chi connectivity index (χ2v) is 4.63. The smallest absolute Gasteiger partial charge is 0.229 e. The highest BCUT2D eigenvalue weighted by molar-refractivity contribution is 5.88. The zero-order chi connectivity index (χ0) is 9.43. The molecule has 3 aliphatic carbocycles. The summed E-state index contributed by atoms with van der Waals surface area (Å²) in [5.74, 6) is 0.304. The van der Waals surface area contributed by atoms with Gasteiger partial charge in [0, 0.05) is 7.05 Å². The van der Waals surface area contributed by atoms with Gasteiger partial charge in [0.1, 0.15) is 0 Å². The largest absolute Gasteiger partial charge is 0.389 e. The monoisotopic (exact) mass is 183 g/mol. The number of rotatable bonds is 1. The van der Waals surface area contributed by atoms with Crippen LogP contribution in [-0.2, 0) is 4.79 Å². The summed E-state index contributed by atoms with van der Waals surface area (Å²) >= 11 is 0. The lowest BCUT2D eigenvalue weighted by atomic mass is 9.94. The summed E-state index contributed by atoms with van der Waals surface area (Å²) in [5.41, 5.74) is -1.55. The number of amides is 1. The van der Waals surface area contributed by atoms with Crippen LogP contribution in [-0.4, -0.2) is 34.9 Å². The second kappa shape index (κ2) is 1.77. The van der Waals surface area contributed by atoms with Crippen molar-refractivity contribution in [3.05, 3.63) is 0 Å². The highest BCUT2D eigenvalue weighted by atomic mass is 16.4. The Bertz CT molecular complexity index is 305. The average molecular weight is 183 g/mol. The lowest BCUT2D eigenvalue weighted by Crippen LogP contribution is -2.43. The van der Waals surface area contributed by atoms with Gasteiger partial charge < -0.3 is 15.5 Å². The van der Waals surface area contributed by atoms with Gasteiger partial charge in [-0.15, -0.1) is 0 Å². The van der Waals surface area contributed by atoms with E-state index in [9.17, 15) is 15.0 Å². The molecule has 0 radical (unpaired) electrons. The Balaban J connectivity index is 1.95. The van der Waals surface area contributed by atoms with E-state index in [1.54, 1.807) is 7.05 Å². The normalized spacial score (nSPS) is 61.0. The van der Waals surface area contributed by atoms with Crippen molar-refractivity contribution >= 4 is 5.91 Å².